The number of nitrogens with two attached hydrogens (primary N) is 1. The van der Waals surface area contributed by atoms with Crippen molar-refractivity contribution in [3.05, 3.63) is 34.9 Å². The van der Waals surface area contributed by atoms with Crippen LogP contribution in [0.25, 0.3) is 0 Å². The standard InChI is InChI=1S/C12H17N.ClH/c1-2-9-6-7-10-4-3-5-12(13)11(10)8-9;/h6-8,12H,2-5,13H2,1H3;1H. The Morgan fingerprint density at radius 3 is 2.93 bits per heavy atom. The van der Waals surface area contributed by atoms with E-state index in [0.29, 0.717) is 0 Å². The summed E-state index contributed by atoms with van der Waals surface area (Å²) in [6.07, 6.45) is 4.73. The molecular weight excluding hydrogens is 194 g/mol. The van der Waals surface area contributed by atoms with Gasteiger partial charge in [-0.15, -0.1) is 12.4 Å². The van der Waals surface area contributed by atoms with Crippen molar-refractivity contribution in [3.63, 3.8) is 0 Å². The minimum Gasteiger partial charge on any atom is -0.324 e. The summed E-state index contributed by atoms with van der Waals surface area (Å²) in [7, 11) is 0. The van der Waals surface area contributed by atoms with E-state index in [2.05, 4.69) is 25.1 Å². The topological polar surface area (TPSA) is 26.0 Å². The van der Waals surface area contributed by atoms with Crippen molar-refractivity contribution in [1.82, 2.24) is 0 Å². The monoisotopic (exact) mass is 211 g/mol. The van der Waals surface area contributed by atoms with Gasteiger partial charge < -0.3 is 5.73 Å². The van der Waals surface area contributed by atoms with Crippen LogP contribution >= 0.6 is 12.4 Å². The third kappa shape index (κ3) is 2.10. The lowest BCUT2D eigenvalue weighted by atomic mass is 9.87. The summed E-state index contributed by atoms with van der Waals surface area (Å²) in [5, 5.41) is 0. The molecule has 0 radical (unpaired) electrons. The molecule has 1 unspecified atom stereocenters. The number of aryl methyl sites for hydroxylation is 2. The Labute approximate surface area is 92.1 Å². The molecule has 1 aliphatic carbocycles. The van der Waals surface area contributed by atoms with Gasteiger partial charge in [0.05, 0.1) is 0 Å². The Hall–Kier alpha value is -0.530. The average molecular weight is 212 g/mol. The predicted octanol–water partition coefficient (Wildman–Crippen LogP) is 3.01. The van der Waals surface area contributed by atoms with E-state index >= 15 is 0 Å². The lowest BCUT2D eigenvalue weighted by Crippen LogP contribution is -2.17. The third-order valence-corrected chi connectivity index (χ3v) is 2.98. The van der Waals surface area contributed by atoms with Crippen molar-refractivity contribution >= 4 is 12.4 Å². The van der Waals surface area contributed by atoms with Crippen LogP contribution in [0.15, 0.2) is 18.2 Å². The summed E-state index contributed by atoms with van der Waals surface area (Å²) in [6, 6.07) is 7.07. The second kappa shape index (κ2) is 4.81. The Morgan fingerprint density at radius 1 is 1.43 bits per heavy atom. The normalized spacial score (nSPS) is 19.7. The van der Waals surface area contributed by atoms with Gasteiger partial charge in [0.1, 0.15) is 0 Å². The molecule has 1 aromatic rings. The van der Waals surface area contributed by atoms with E-state index < -0.39 is 0 Å². The van der Waals surface area contributed by atoms with Gasteiger partial charge in [0, 0.05) is 6.04 Å². The third-order valence-electron chi connectivity index (χ3n) is 2.98. The smallest absolute Gasteiger partial charge is 0.0297 e. The molecule has 0 saturated heterocycles. The molecule has 0 bridgehead atoms. The summed E-state index contributed by atoms with van der Waals surface area (Å²) in [4.78, 5) is 0. The Kier molecular flexibility index (Phi) is 3.97. The maximum atomic E-state index is 6.07. The largest absolute Gasteiger partial charge is 0.324 e. The summed E-state index contributed by atoms with van der Waals surface area (Å²) in [6.45, 7) is 2.19. The van der Waals surface area contributed by atoms with Crippen molar-refractivity contribution in [2.75, 3.05) is 0 Å². The van der Waals surface area contributed by atoms with Gasteiger partial charge in [0.25, 0.3) is 0 Å². The minimum absolute atomic E-state index is 0. The molecule has 2 rings (SSSR count). The van der Waals surface area contributed by atoms with E-state index in [1.807, 2.05) is 0 Å². The highest BCUT2D eigenvalue weighted by atomic mass is 35.5. The second-order valence-electron chi connectivity index (χ2n) is 3.89. The highest BCUT2D eigenvalue weighted by Crippen LogP contribution is 2.28. The number of hydrogen-bond donors (Lipinski definition) is 1. The molecule has 0 spiro atoms. The van der Waals surface area contributed by atoms with Crippen LogP contribution < -0.4 is 5.73 Å². The molecule has 0 saturated carbocycles. The number of fused-ring (bicyclic) bond motifs is 1. The first-order chi connectivity index (χ1) is 6.31. The molecule has 0 aliphatic heterocycles. The molecule has 1 aromatic carbocycles. The zero-order chi connectivity index (χ0) is 9.26. The fourth-order valence-electron chi connectivity index (χ4n) is 2.11. The summed E-state index contributed by atoms with van der Waals surface area (Å²) >= 11 is 0. The van der Waals surface area contributed by atoms with E-state index in [-0.39, 0.29) is 18.4 Å². The molecule has 1 atom stereocenters. The quantitative estimate of drug-likeness (QED) is 0.760. The maximum absolute atomic E-state index is 6.07. The van der Waals surface area contributed by atoms with Crippen LogP contribution in [0.3, 0.4) is 0 Å². The highest BCUT2D eigenvalue weighted by Gasteiger charge is 2.16. The Balaban J connectivity index is 0.000000980. The van der Waals surface area contributed by atoms with Gasteiger partial charge in [0.15, 0.2) is 0 Å². The average Bonchev–Trinajstić information content (AvgIpc) is 2.18. The zero-order valence-electron chi connectivity index (χ0n) is 8.62. The molecule has 1 nitrogen and oxygen atoms in total. The molecule has 2 heteroatoms. The van der Waals surface area contributed by atoms with E-state index in [0.717, 1.165) is 12.8 Å². The number of hydrogen-bond acceptors (Lipinski definition) is 1. The fourth-order valence-corrected chi connectivity index (χ4v) is 2.11. The van der Waals surface area contributed by atoms with Crippen LogP contribution in [0.5, 0.6) is 0 Å². The van der Waals surface area contributed by atoms with Gasteiger partial charge in [-0.1, -0.05) is 25.1 Å². The van der Waals surface area contributed by atoms with E-state index in [9.17, 15) is 0 Å². The first kappa shape index (κ1) is 11.5. The van der Waals surface area contributed by atoms with Crippen LogP contribution in [0, 0.1) is 0 Å². The summed E-state index contributed by atoms with van der Waals surface area (Å²) in [5.74, 6) is 0. The number of rotatable bonds is 1. The Morgan fingerprint density at radius 2 is 2.21 bits per heavy atom. The van der Waals surface area contributed by atoms with Gasteiger partial charge >= 0.3 is 0 Å². The van der Waals surface area contributed by atoms with Crippen LogP contribution in [-0.4, -0.2) is 0 Å². The van der Waals surface area contributed by atoms with Crippen LogP contribution in [-0.2, 0) is 12.8 Å². The fraction of sp³-hybridized carbons (Fsp3) is 0.500. The van der Waals surface area contributed by atoms with Crippen molar-refractivity contribution < 1.29 is 0 Å². The highest BCUT2D eigenvalue weighted by molar-refractivity contribution is 5.85. The van der Waals surface area contributed by atoms with Gasteiger partial charge in [-0.3, -0.25) is 0 Å². The van der Waals surface area contributed by atoms with Gasteiger partial charge in [-0.25, -0.2) is 0 Å². The molecule has 0 aromatic heterocycles. The molecule has 2 N–H and O–H groups in total. The molecule has 1 aliphatic rings. The SMILES string of the molecule is CCc1ccc2c(c1)C(N)CCC2.Cl. The molecular formula is C12H18ClN. The molecule has 0 amide bonds. The molecule has 0 fully saturated rings. The first-order valence-electron chi connectivity index (χ1n) is 5.18. The van der Waals surface area contributed by atoms with Crippen molar-refractivity contribution in [3.8, 4) is 0 Å². The van der Waals surface area contributed by atoms with Gasteiger partial charge in [0.2, 0.25) is 0 Å². The van der Waals surface area contributed by atoms with Crippen LogP contribution in [0.2, 0.25) is 0 Å². The number of halogens is 1. The van der Waals surface area contributed by atoms with Gasteiger partial charge in [-0.2, -0.15) is 0 Å². The van der Waals surface area contributed by atoms with Crippen LogP contribution in [0.4, 0.5) is 0 Å². The van der Waals surface area contributed by atoms with Crippen LogP contribution in [0.1, 0.15) is 42.5 Å². The zero-order valence-corrected chi connectivity index (χ0v) is 9.44. The van der Waals surface area contributed by atoms with E-state index in [4.69, 9.17) is 5.73 Å². The van der Waals surface area contributed by atoms with Gasteiger partial charge in [-0.05, 0) is 42.4 Å². The maximum Gasteiger partial charge on any atom is 0.0297 e. The Bertz CT molecular complexity index is 309. The van der Waals surface area contributed by atoms with Crippen molar-refractivity contribution in [1.29, 1.82) is 0 Å². The first-order valence-corrected chi connectivity index (χ1v) is 5.18. The predicted molar refractivity (Wildman–Crippen MR) is 62.9 cm³/mol. The van der Waals surface area contributed by atoms with Crippen molar-refractivity contribution in [2.45, 2.75) is 38.6 Å². The lowest BCUT2D eigenvalue weighted by molar-refractivity contribution is 0.569. The lowest BCUT2D eigenvalue weighted by Gasteiger charge is -2.22. The second-order valence-corrected chi connectivity index (χ2v) is 3.89. The summed E-state index contributed by atoms with van der Waals surface area (Å²) in [5.41, 5.74) is 10.3. The minimum atomic E-state index is 0. The summed E-state index contributed by atoms with van der Waals surface area (Å²) < 4.78 is 0. The van der Waals surface area contributed by atoms with Crippen molar-refractivity contribution in [2.24, 2.45) is 5.73 Å². The molecule has 78 valence electrons. The molecule has 0 heterocycles. The van der Waals surface area contributed by atoms with E-state index in [1.165, 1.54) is 29.5 Å². The number of benzene rings is 1. The molecule has 14 heavy (non-hydrogen) atoms. The van der Waals surface area contributed by atoms with E-state index in [1.54, 1.807) is 0 Å².